The second-order valence-corrected chi connectivity index (χ2v) is 4.81. The Balaban J connectivity index is 0.00000361. The van der Waals surface area contributed by atoms with Crippen molar-refractivity contribution in [2.24, 2.45) is 5.73 Å². The molecule has 0 atom stereocenters. The molecule has 0 saturated carbocycles. The molecule has 20 heavy (non-hydrogen) atoms. The molecule has 0 heterocycles. The lowest BCUT2D eigenvalue weighted by Gasteiger charge is -2.18. The van der Waals surface area contributed by atoms with Gasteiger partial charge in [-0.15, -0.1) is 12.4 Å². The highest BCUT2D eigenvalue weighted by molar-refractivity contribution is 5.98. The number of halogens is 1. The maximum absolute atomic E-state index is 12.0. The largest absolute Gasteiger partial charge is 0.497 e. The average molecular weight is 304 g/mol. The van der Waals surface area contributed by atoms with Crippen LogP contribution in [0.4, 0.5) is 5.69 Å². The highest BCUT2D eigenvalue weighted by atomic mass is 35.5. The van der Waals surface area contributed by atoms with E-state index in [9.17, 15) is 14.9 Å². The molecule has 0 aliphatic heterocycles. The second-order valence-electron chi connectivity index (χ2n) is 4.81. The monoisotopic (exact) mass is 303 g/mol. The van der Waals surface area contributed by atoms with Crippen molar-refractivity contribution in [1.82, 2.24) is 5.32 Å². The number of carbonyl (C=O) groups excluding carboxylic acids is 1. The van der Waals surface area contributed by atoms with Crippen molar-refractivity contribution in [3.05, 3.63) is 33.9 Å². The van der Waals surface area contributed by atoms with Gasteiger partial charge in [-0.2, -0.15) is 0 Å². The van der Waals surface area contributed by atoms with Crippen LogP contribution in [0, 0.1) is 10.1 Å². The van der Waals surface area contributed by atoms with Gasteiger partial charge in [0.05, 0.1) is 12.0 Å². The number of nitro groups is 1. The van der Waals surface area contributed by atoms with Gasteiger partial charge >= 0.3 is 0 Å². The van der Waals surface area contributed by atoms with E-state index < -0.39 is 16.4 Å². The molecule has 1 aromatic carbocycles. The number of carbonyl (C=O) groups is 1. The molecule has 0 unspecified atom stereocenters. The zero-order chi connectivity index (χ0) is 14.6. The minimum atomic E-state index is -0.609. The Kier molecular flexibility index (Phi) is 6.41. The highest BCUT2D eigenvalue weighted by Gasteiger charge is 2.22. The third-order valence-corrected chi connectivity index (χ3v) is 2.35. The Morgan fingerprint density at radius 2 is 2.10 bits per heavy atom. The Morgan fingerprint density at radius 3 is 2.55 bits per heavy atom. The summed E-state index contributed by atoms with van der Waals surface area (Å²) in [5.41, 5.74) is 4.83. The number of methoxy groups -OCH3 is 1. The number of hydrogen-bond acceptors (Lipinski definition) is 5. The molecule has 0 aromatic heterocycles. The molecule has 8 heteroatoms. The molecule has 1 rings (SSSR count). The molecule has 0 fully saturated rings. The summed E-state index contributed by atoms with van der Waals surface area (Å²) in [5, 5.41) is 13.4. The molecule has 0 aliphatic carbocycles. The smallest absolute Gasteiger partial charge is 0.282 e. The van der Waals surface area contributed by atoms with Crippen LogP contribution in [0.25, 0.3) is 0 Å². The Morgan fingerprint density at radius 1 is 1.50 bits per heavy atom. The van der Waals surface area contributed by atoms with Crippen molar-refractivity contribution in [2.75, 3.05) is 13.7 Å². The molecule has 1 aromatic rings. The maximum Gasteiger partial charge on any atom is 0.282 e. The lowest BCUT2D eigenvalue weighted by atomic mass is 10.1. The maximum atomic E-state index is 12.0. The van der Waals surface area contributed by atoms with Crippen LogP contribution in [0.15, 0.2) is 18.2 Å². The third-order valence-electron chi connectivity index (χ3n) is 2.35. The van der Waals surface area contributed by atoms with Crippen LogP contribution in [0.1, 0.15) is 24.2 Å². The topological polar surface area (TPSA) is 107 Å². The van der Waals surface area contributed by atoms with E-state index in [2.05, 4.69) is 5.32 Å². The molecule has 7 nitrogen and oxygen atoms in total. The van der Waals surface area contributed by atoms with Gasteiger partial charge in [0.25, 0.3) is 11.6 Å². The second kappa shape index (κ2) is 7.06. The van der Waals surface area contributed by atoms with E-state index in [0.29, 0.717) is 5.75 Å². The fourth-order valence-electron chi connectivity index (χ4n) is 1.39. The minimum absolute atomic E-state index is 0. The highest BCUT2D eigenvalue weighted by Crippen LogP contribution is 2.23. The number of nitrogens with one attached hydrogen (secondary N) is 1. The first kappa shape index (κ1) is 18.1. The van der Waals surface area contributed by atoms with Crippen LogP contribution in [-0.2, 0) is 0 Å². The van der Waals surface area contributed by atoms with E-state index >= 15 is 0 Å². The van der Waals surface area contributed by atoms with Gasteiger partial charge in [0.2, 0.25) is 0 Å². The van der Waals surface area contributed by atoms with Crippen molar-refractivity contribution in [2.45, 2.75) is 19.4 Å². The predicted octanol–water partition coefficient (Wildman–Crippen LogP) is 1.49. The molecule has 0 saturated heterocycles. The van der Waals surface area contributed by atoms with E-state index in [0.717, 1.165) is 0 Å². The van der Waals surface area contributed by atoms with Gasteiger partial charge < -0.3 is 15.8 Å². The van der Waals surface area contributed by atoms with Crippen LogP contribution in [-0.4, -0.2) is 30.0 Å². The number of amides is 1. The molecule has 112 valence electrons. The third kappa shape index (κ3) is 5.02. The van der Waals surface area contributed by atoms with E-state index in [-0.39, 0.29) is 30.2 Å². The van der Waals surface area contributed by atoms with E-state index in [4.69, 9.17) is 10.5 Å². The number of nitrogens with zero attached hydrogens (tertiary/aromatic N) is 1. The molecule has 0 aliphatic rings. The predicted molar refractivity (Wildman–Crippen MR) is 77.5 cm³/mol. The number of nitro benzene ring substituents is 1. The van der Waals surface area contributed by atoms with Crippen molar-refractivity contribution in [3.8, 4) is 5.75 Å². The van der Waals surface area contributed by atoms with Crippen LogP contribution < -0.4 is 15.8 Å². The van der Waals surface area contributed by atoms with Gasteiger partial charge in [-0.1, -0.05) is 0 Å². The summed E-state index contributed by atoms with van der Waals surface area (Å²) in [6.45, 7) is 3.70. The Bertz CT molecular complexity index is 500. The van der Waals surface area contributed by atoms with Crippen LogP contribution in [0.2, 0.25) is 0 Å². The molecule has 3 N–H and O–H groups in total. The van der Waals surface area contributed by atoms with Crippen molar-refractivity contribution < 1.29 is 14.5 Å². The van der Waals surface area contributed by atoms with Gasteiger partial charge in [0.15, 0.2) is 0 Å². The van der Waals surface area contributed by atoms with E-state index in [1.807, 2.05) is 0 Å². The molecular formula is C12H18ClN3O4. The standard InChI is InChI=1S/C12H17N3O4.ClH/c1-12(2,13)7-14-11(16)9-6-8(19-3)4-5-10(9)15(17)18;/h4-6H,7,13H2,1-3H3,(H,14,16);1H. The molecule has 0 spiro atoms. The summed E-state index contributed by atoms with van der Waals surface area (Å²) in [4.78, 5) is 22.2. The van der Waals surface area contributed by atoms with Crippen LogP contribution in [0.5, 0.6) is 5.75 Å². The zero-order valence-electron chi connectivity index (χ0n) is 11.5. The minimum Gasteiger partial charge on any atom is -0.497 e. The van der Waals surface area contributed by atoms with Gasteiger partial charge in [-0.3, -0.25) is 14.9 Å². The number of rotatable bonds is 5. The summed E-state index contributed by atoms with van der Waals surface area (Å²) in [7, 11) is 1.42. The number of hydrogen-bond donors (Lipinski definition) is 2. The SMILES string of the molecule is COc1ccc([N+](=O)[O-])c(C(=O)NCC(C)(C)N)c1.Cl. The number of nitrogens with two attached hydrogens (primary N) is 1. The summed E-state index contributed by atoms with van der Waals surface area (Å²) >= 11 is 0. The van der Waals surface area contributed by atoms with E-state index in [1.54, 1.807) is 13.8 Å². The Labute approximate surface area is 123 Å². The first-order chi connectivity index (χ1) is 8.74. The molecular weight excluding hydrogens is 286 g/mol. The summed E-state index contributed by atoms with van der Waals surface area (Å²) in [6.07, 6.45) is 0. The Hall–Kier alpha value is -1.86. The quantitative estimate of drug-likeness (QED) is 0.633. The molecule has 0 radical (unpaired) electrons. The first-order valence-electron chi connectivity index (χ1n) is 5.64. The van der Waals surface area contributed by atoms with Crippen LogP contribution in [0.3, 0.4) is 0 Å². The number of benzene rings is 1. The van der Waals surface area contributed by atoms with Crippen LogP contribution >= 0.6 is 12.4 Å². The van der Waals surface area contributed by atoms with E-state index in [1.165, 1.54) is 25.3 Å². The van der Waals surface area contributed by atoms with Gasteiger partial charge in [0.1, 0.15) is 11.3 Å². The zero-order valence-corrected chi connectivity index (χ0v) is 12.3. The fourth-order valence-corrected chi connectivity index (χ4v) is 1.39. The van der Waals surface area contributed by atoms with Gasteiger partial charge in [-0.25, -0.2) is 0 Å². The first-order valence-corrected chi connectivity index (χ1v) is 5.64. The van der Waals surface area contributed by atoms with Gasteiger partial charge in [-0.05, 0) is 26.0 Å². The van der Waals surface area contributed by atoms with Crippen molar-refractivity contribution in [1.29, 1.82) is 0 Å². The normalized spacial score (nSPS) is 10.4. The van der Waals surface area contributed by atoms with Gasteiger partial charge in [0, 0.05) is 18.2 Å². The average Bonchev–Trinajstić information content (AvgIpc) is 2.34. The molecule has 0 bridgehead atoms. The number of ether oxygens (including phenoxy) is 1. The fraction of sp³-hybridized carbons (Fsp3) is 0.417. The lowest BCUT2D eigenvalue weighted by Crippen LogP contribution is -2.45. The van der Waals surface area contributed by atoms with Crippen molar-refractivity contribution >= 4 is 24.0 Å². The molecule has 1 amide bonds. The lowest BCUT2D eigenvalue weighted by molar-refractivity contribution is -0.385. The van der Waals surface area contributed by atoms with Crippen molar-refractivity contribution in [3.63, 3.8) is 0 Å². The summed E-state index contributed by atoms with van der Waals surface area (Å²) in [6, 6.07) is 4.00. The summed E-state index contributed by atoms with van der Waals surface area (Å²) in [5.74, 6) is -0.174. The summed E-state index contributed by atoms with van der Waals surface area (Å²) < 4.78 is 4.96.